The Labute approximate surface area is 111 Å². The van der Waals surface area contributed by atoms with Crippen LogP contribution < -0.4 is 10.6 Å². The number of hydrogen-bond donors (Lipinski definition) is 1. The lowest BCUT2D eigenvalue weighted by molar-refractivity contribution is -0.137. The van der Waals surface area contributed by atoms with Crippen LogP contribution in [-0.2, 0) is 6.18 Å². The van der Waals surface area contributed by atoms with E-state index in [1.807, 2.05) is 0 Å². The lowest BCUT2D eigenvalue weighted by atomic mass is 10.0. The third kappa shape index (κ3) is 3.33. The van der Waals surface area contributed by atoms with E-state index in [0.29, 0.717) is 13.1 Å². The molecule has 1 heterocycles. The zero-order valence-electron chi connectivity index (χ0n) is 10.8. The molecular weight excluding hydrogens is 253 g/mol. The van der Waals surface area contributed by atoms with E-state index in [0.717, 1.165) is 31.7 Å². The summed E-state index contributed by atoms with van der Waals surface area (Å²) < 4.78 is 39.2. The molecule has 5 heteroatoms. The molecule has 0 unspecified atom stereocenters. The fourth-order valence-corrected chi connectivity index (χ4v) is 2.61. The van der Waals surface area contributed by atoms with Crippen molar-refractivity contribution in [2.45, 2.75) is 38.3 Å². The van der Waals surface area contributed by atoms with Crippen LogP contribution in [0.2, 0.25) is 0 Å². The van der Waals surface area contributed by atoms with Gasteiger partial charge >= 0.3 is 6.18 Å². The van der Waals surface area contributed by atoms with Gasteiger partial charge in [-0.05, 0) is 25.0 Å². The summed E-state index contributed by atoms with van der Waals surface area (Å²) in [6, 6.07) is 4.03. The van der Waals surface area contributed by atoms with Crippen LogP contribution >= 0.6 is 0 Å². The van der Waals surface area contributed by atoms with Crippen molar-refractivity contribution in [3.8, 4) is 0 Å². The molecule has 0 spiro atoms. The predicted octanol–water partition coefficient (Wildman–Crippen LogP) is 4.06. The largest absolute Gasteiger partial charge is 0.418 e. The topological polar surface area (TPSA) is 29.3 Å². The summed E-state index contributed by atoms with van der Waals surface area (Å²) in [5, 5.41) is 0. The van der Waals surface area contributed by atoms with Crippen molar-refractivity contribution < 1.29 is 13.2 Å². The molecule has 0 saturated carbocycles. The first kappa shape index (κ1) is 14.0. The molecule has 0 atom stereocenters. The van der Waals surface area contributed by atoms with Crippen LogP contribution in [0.15, 0.2) is 18.2 Å². The molecule has 2 N–H and O–H groups in total. The number of anilines is 2. The molecule has 1 saturated heterocycles. The number of benzene rings is 1. The molecule has 19 heavy (non-hydrogen) atoms. The molecule has 2 nitrogen and oxygen atoms in total. The minimum atomic E-state index is -4.35. The second-order valence-corrected chi connectivity index (χ2v) is 5.00. The lowest BCUT2D eigenvalue weighted by Crippen LogP contribution is -2.30. The van der Waals surface area contributed by atoms with Crippen molar-refractivity contribution in [1.82, 2.24) is 0 Å². The molecule has 1 aromatic carbocycles. The molecule has 0 aliphatic carbocycles. The summed E-state index contributed by atoms with van der Waals surface area (Å²) in [6.07, 6.45) is 0.809. The predicted molar refractivity (Wildman–Crippen MR) is 71.2 cm³/mol. The first-order chi connectivity index (χ1) is 9.00. The maximum atomic E-state index is 13.1. The Balaban J connectivity index is 2.36. The fraction of sp³-hybridized carbons (Fsp3) is 0.571. The normalized spacial score (nSPS) is 17.9. The number of para-hydroxylation sites is 1. The maximum Gasteiger partial charge on any atom is 0.418 e. The average molecular weight is 272 g/mol. The summed E-state index contributed by atoms with van der Waals surface area (Å²) in [5.41, 5.74) is 5.56. The minimum Gasteiger partial charge on any atom is -0.397 e. The maximum absolute atomic E-state index is 13.1. The standard InChI is InChI=1S/C14H19F3N2/c15-14(16,17)11-7-6-8-12(18)13(11)19-9-4-2-1-3-5-10-19/h6-8H,1-5,9-10,18H2. The highest BCUT2D eigenvalue weighted by molar-refractivity contribution is 5.72. The molecule has 2 rings (SSSR count). The van der Waals surface area contributed by atoms with Crippen LogP contribution in [0.3, 0.4) is 0 Å². The molecule has 0 amide bonds. The first-order valence-electron chi connectivity index (χ1n) is 6.71. The molecule has 1 aromatic rings. The first-order valence-corrected chi connectivity index (χ1v) is 6.71. The molecule has 0 bridgehead atoms. The minimum absolute atomic E-state index is 0.164. The van der Waals surface area contributed by atoms with Gasteiger partial charge in [0.1, 0.15) is 0 Å². The molecule has 0 radical (unpaired) electrons. The van der Waals surface area contributed by atoms with Gasteiger partial charge in [-0.3, -0.25) is 0 Å². The van der Waals surface area contributed by atoms with Crippen LogP contribution in [0.1, 0.15) is 37.7 Å². The second-order valence-electron chi connectivity index (χ2n) is 5.00. The van der Waals surface area contributed by atoms with Gasteiger partial charge in [-0.15, -0.1) is 0 Å². The average Bonchev–Trinajstić information content (AvgIpc) is 2.28. The summed E-state index contributed by atoms with van der Waals surface area (Å²) >= 11 is 0. The van der Waals surface area contributed by atoms with Gasteiger partial charge in [0.25, 0.3) is 0 Å². The van der Waals surface area contributed by atoms with E-state index in [4.69, 9.17) is 5.73 Å². The Hall–Kier alpha value is -1.39. The number of rotatable bonds is 1. The van der Waals surface area contributed by atoms with Gasteiger partial charge in [0.2, 0.25) is 0 Å². The van der Waals surface area contributed by atoms with E-state index >= 15 is 0 Å². The van der Waals surface area contributed by atoms with Gasteiger partial charge in [-0.2, -0.15) is 13.2 Å². The van der Waals surface area contributed by atoms with Crippen LogP contribution in [0.25, 0.3) is 0 Å². The van der Waals surface area contributed by atoms with E-state index in [1.54, 1.807) is 11.0 Å². The number of nitrogen functional groups attached to an aromatic ring is 1. The SMILES string of the molecule is Nc1cccc(C(F)(F)F)c1N1CCCCCCC1. The second kappa shape index (κ2) is 5.72. The van der Waals surface area contributed by atoms with Crippen LogP contribution in [0.5, 0.6) is 0 Å². The van der Waals surface area contributed by atoms with Gasteiger partial charge in [0.15, 0.2) is 0 Å². The van der Waals surface area contributed by atoms with Crippen molar-refractivity contribution >= 4 is 11.4 Å². The third-order valence-corrected chi connectivity index (χ3v) is 3.54. The number of hydrogen-bond acceptors (Lipinski definition) is 2. The Morgan fingerprint density at radius 1 is 0.947 bits per heavy atom. The number of nitrogens with zero attached hydrogens (tertiary/aromatic N) is 1. The Kier molecular flexibility index (Phi) is 4.22. The third-order valence-electron chi connectivity index (χ3n) is 3.54. The summed E-state index contributed by atoms with van der Waals surface area (Å²) in [7, 11) is 0. The zero-order chi connectivity index (χ0) is 13.9. The number of nitrogens with two attached hydrogens (primary N) is 1. The summed E-state index contributed by atoms with van der Waals surface area (Å²) in [5.74, 6) is 0. The Morgan fingerprint density at radius 2 is 1.53 bits per heavy atom. The monoisotopic (exact) mass is 272 g/mol. The molecule has 106 valence electrons. The van der Waals surface area contributed by atoms with Gasteiger partial charge < -0.3 is 10.6 Å². The Bertz CT molecular complexity index is 421. The molecule has 0 aromatic heterocycles. The van der Waals surface area contributed by atoms with Crippen LogP contribution in [0, 0.1) is 0 Å². The highest BCUT2D eigenvalue weighted by atomic mass is 19.4. The van der Waals surface area contributed by atoms with Crippen molar-refractivity contribution in [3.05, 3.63) is 23.8 Å². The van der Waals surface area contributed by atoms with E-state index in [1.165, 1.54) is 12.5 Å². The lowest BCUT2D eigenvalue weighted by Gasteiger charge is -2.30. The van der Waals surface area contributed by atoms with E-state index in [-0.39, 0.29) is 11.4 Å². The van der Waals surface area contributed by atoms with Crippen LogP contribution in [0.4, 0.5) is 24.5 Å². The van der Waals surface area contributed by atoms with E-state index in [9.17, 15) is 13.2 Å². The molecular formula is C14H19F3N2. The van der Waals surface area contributed by atoms with Gasteiger partial charge in [0.05, 0.1) is 16.9 Å². The number of halogens is 3. The molecule has 1 aliphatic heterocycles. The molecule has 1 aliphatic rings. The molecule has 1 fully saturated rings. The van der Waals surface area contributed by atoms with Gasteiger partial charge in [-0.1, -0.05) is 25.3 Å². The van der Waals surface area contributed by atoms with Crippen molar-refractivity contribution in [3.63, 3.8) is 0 Å². The fourth-order valence-electron chi connectivity index (χ4n) is 2.61. The van der Waals surface area contributed by atoms with E-state index in [2.05, 4.69) is 0 Å². The van der Waals surface area contributed by atoms with Gasteiger partial charge in [-0.25, -0.2) is 0 Å². The summed E-state index contributed by atoms with van der Waals surface area (Å²) in [6.45, 7) is 1.30. The zero-order valence-corrected chi connectivity index (χ0v) is 10.8. The number of alkyl halides is 3. The van der Waals surface area contributed by atoms with E-state index < -0.39 is 11.7 Å². The quantitative estimate of drug-likeness (QED) is 0.781. The smallest absolute Gasteiger partial charge is 0.397 e. The van der Waals surface area contributed by atoms with Crippen molar-refractivity contribution in [2.75, 3.05) is 23.7 Å². The summed E-state index contributed by atoms with van der Waals surface area (Å²) in [4.78, 5) is 1.80. The van der Waals surface area contributed by atoms with Crippen molar-refractivity contribution in [2.24, 2.45) is 0 Å². The van der Waals surface area contributed by atoms with Crippen LogP contribution in [-0.4, -0.2) is 13.1 Å². The highest BCUT2D eigenvalue weighted by Gasteiger charge is 2.35. The highest BCUT2D eigenvalue weighted by Crippen LogP contribution is 2.40. The van der Waals surface area contributed by atoms with Crippen molar-refractivity contribution in [1.29, 1.82) is 0 Å². The van der Waals surface area contributed by atoms with Gasteiger partial charge in [0, 0.05) is 13.1 Å². The Morgan fingerprint density at radius 3 is 2.11 bits per heavy atom.